The van der Waals surface area contributed by atoms with E-state index in [0.717, 1.165) is 28.2 Å². The lowest BCUT2D eigenvalue weighted by atomic mass is 9.94. The molecule has 132 valence electrons. The first-order chi connectivity index (χ1) is 12.5. The Bertz CT molecular complexity index is 1050. The fourth-order valence-corrected chi connectivity index (χ4v) is 3.67. The van der Waals surface area contributed by atoms with Gasteiger partial charge in [0.1, 0.15) is 0 Å². The highest BCUT2D eigenvalue weighted by Crippen LogP contribution is 2.40. The molecule has 0 saturated carbocycles. The monoisotopic (exact) mass is 366 g/mol. The van der Waals surface area contributed by atoms with E-state index in [0.29, 0.717) is 10.6 Å². The van der Waals surface area contributed by atoms with Gasteiger partial charge in [0.05, 0.1) is 22.6 Å². The van der Waals surface area contributed by atoms with Crippen LogP contribution in [0, 0.1) is 0 Å². The molecule has 1 aliphatic heterocycles. The van der Waals surface area contributed by atoms with Crippen molar-refractivity contribution >= 4 is 34.5 Å². The minimum absolute atomic E-state index is 0.0385. The minimum Gasteiger partial charge on any atom is -0.345 e. The van der Waals surface area contributed by atoms with Crippen LogP contribution >= 0.6 is 11.6 Å². The Labute approximate surface area is 156 Å². The summed E-state index contributed by atoms with van der Waals surface area (Å²) in [5.74, 6) is 0.687. The van der Waals surface area contributed by atoms with Gasteiger partial charge in [-0.05, 0) is 36.8 Å². The Morgan fingerprint density at radius 1 is 1.19 bits per heavy atom. The van der Waals surface area contributed by atoms with Crippen LogP contribution in [0.4, 0.5) is 5.95 Å². The number of carbonyl (C=O) groups excluding carboxylic acids is 1. The van der Waals surface area contributed by atoms with E-state index in [4.69, 9.17) is 16.6 Å². The number of carbonyl (C=O) groups is 1. The summed E-state index contributed by atoms with van der Waals surface area (Å²) < 4.78 is 2.07. The predicted octanol–water partition coefficient (Wildman–Crippen LogP) is 4.07. The van der Waals surface area contributed by atoms with Crippen molar-refractivity contribution in [2.75, 3.05) is 19.4 Å². The number of hydrogen-bond donors (Lipinski definition) is 1. The Balaban J connectivity index is 2.02. The number of fused-ring (bicyclic) bond motifs is 3. The first-order valence-corrected chi connectivity index (χ1v) is 8.77. The van der Waals surface area contributed by atoms with Gasteiger partial charge in [-0.3, -0.25) is 9.36 Å². The smallest absolute Gasteiger partial charge is 0.253 e. The van der Waals surface area contributed by atoms with Gasteiger partial charge in [0.15, 0.2) is 0 Å². The van der Waals surface area contributed by atoms with Gasteiger partial charge < -0.3 is 10.2 Å². The van der Waals surface area contributed by atoms with E-state index in [9.17, 15) is 4.79 Å². The van der Waals surface area contributed by atoms with Gasteiger partial charge in [0, 0.05) is 24.8 Å². The molecule has 5 nitrogen and oxygen atoms in total. The van der Waals surface area contributed by atoms with E-state index < -0.39 is 0 Å². The second-order valence-corrected chi connectivity index (χ2v) is 7.05. The van der Waals surface area contributed by atoms with Crippen molar-refractivity contribution in [3.8, 4) is 0 Å². The zero-order chi connectivity index (χ0) is 18.4. The van der Waals surface area contributed by atoms with Crippen LogP contribution in [0.1, 0.15) is 18.5 Å². The number of para-hydroxylation sites is 2. The highest BCUT2D eigenvalue weighted by molar-refractivity contribution is 6.30. The van der Waals surface area contributed by atoms with E-state index in [1.54, 1.807) is 19.0 Å². The number of amides is 1. The Hall–Kier alpha value is -2.79. The molecule has 2 aromatic carbocycles. The predicted molar refractivity (Wildman–Crippen MR) is 104 cm³/mol. The van der Waals surface area contributed by atoms with Crippen LogP contribution in [-0.4, -0.2) is 34.5 Å². The zero-order valence-electron chi connectivity index (χ0n) is 14.8. The molecule has 2 heterocycles. The van der Waals surface area contributed by atoms with Crippen LogP contribution in [0.3, 0.4) is 0 Å². The summed E-state index contributed by atoms with van der Waals surface area (Å²) in [7, 11) is 3.53. The van der Waals surface area contributed by atoms with Crippen LogP contribution in [-0.2, 0) is 4.79 Å². The van der Waals surface area contributed by atoms with Crippen LogP contribution in [0.5, 0.6) is 0 Å². The summed E-state index contributed by atoms with van der Waals surface area (Å²) in [5, 5.41) is 3.94. The van der Waals surface area contributed by atoms with Crippen molar-refractivity contribution in [2.24, 2.45) is 0 Å². The number of anilines is 1. The van der Waals surface area contributed by atoms with Crippen LogP contribution in [0.25, 0.3) is 11.0 Å². The summed E-state index contributed by atoms with van der Waals surface area (Å²) in [5.41, 5.74) is 4.29. The van der Waals surface area contributed by atoms with Gasteiger partial charge in [0.2, 0.25) is 5.95 Å². The molecule has 0 unspecified atom stereocenters. The lowest BCUT2D eigenvalue weighted by Gasteiger charge is -2.32. The second kappa shape index (κ2) is 6.18. The van der Waals surface area contributed by atoms with Crippen molar-refractivity contribution in [2.45, 2.75) is 13.0 Å². The molecule has 0 aliphatic carbocycles. The third kappa shape index (κ3) is 2.56. The Morgan fingerprint density at radius 2 is 1.96 bits per heavy atom. The number of nitrogens with zero attached hydrogens (tertiary/aromatic N) is 3. The van der Waals surface area contributed by atoms with Crippen molar-refractivity contribution in [1.29, 1.82) is 0 Å². The third-order valence-electron chi connectivity index (χ3n) is 4.63. The molecule has 6 heteroatoms. The average Bonchev–Trinajstić information content (AvgIpc) is 2.97. The molecule has 0 spiro atoms. The lowest BCUT2D eigenvalue weighted by Crippen LogP contribution is -2.34. The summed E-state index contributed by atoms with van der Waals surface area (Å²) in [4.78, 5) is 19.3. The quantitative estimate of drug-likeness (QED) is 0.743. The van der Waals surface area contributed by atoms with Crippen LogP contribution in [0.2, 0.25) is 5.02 Å². The van der Waals surface area contributed by atoms with E-state index >= 15 is 0 Å². The van der Waals surface area contributed by atoms with E-state index in [2.05, 4.69) is 9.88 Å². The number of aromatic nitrogens is 2. The number of allylic oxidation sites excluding steroid dienone is 1. The number of imidazole rings is 1. The lowest BCUT2D eigenvalue weighted by molar-refractivity contribution is -0.125. The van der Waals surface area contributed by atoms with Crippen molar-refractivity contribution < 1.29 is 4.79 Å². The number of nitrogens with one attached hydrogen (secondary N) is 1. The number of halogens is 1. The highest BCUT2D eigenvalue weighted by atomic mass is 35.5. The molecule has 4 rings (SSSR count). The number of benzene rings is 2. The largest absolute Gasteiger partial charge is 0.345 e. The van der Waals surface area contributed by atoms with Gasteiger partial charge in [-0.15, -0.1) is 0 Å². The second-order valence-electron chi connectivity index (χ2n) is 6.61. The number of rotatable bonds is 2. The number of likely N-dealkylation sites (N-methyl/N-ethyl adjacent to an activating group) is 1. The standard InChI is InChI=1S/C20H19ClN4O/c1-12-17(19(26)24(2)3)18(13-7-6-8-14(21)11-13)25-16-10-5-4-9-15(16)23-20(25)22-12/h4-11,18H,1-3H3,(H,22,23)/t18-/m0/s1. The zero-order valence-corrected chi connectivity index (χ0v) is 15.6. The molecule has 0 fully saturated rings. The molecule has 1 aromatic heterocycles. The fourth-order valence-electron chi connectivity index (χ4n) is 3.47. The minimum atomic E-state index is -0.299. The molecule has 1 N–H and O–H groups in total. The normalized spacial score (nSPS) is 16.4. The maximum absolute atomic E-state index is 13.0. The fraction of sp³-hybridized carbons (Fsp3) is 0.200. The molecule has 1 aliphatic rings. The molecule has 0 saturated heterocycles. The van der Waals surface area contributed by atoms with Crippen molar-refractivity contribution in [1.82, 2.24) is 14.5 Å². The SMILES string of the molecule is CC1=C(C(=O)N(C)C)[C@H](c2cccc(Cl)c2)n2c(nc3ccccc32)N1. The Kier molecular flexibility index (Phi) is 3.96. The first kappa shape index (κ1) is 16.7. The maximum atomic E-state index is 13.0. The summed E-state index contributed by atoms with van der Waals surface area (Å²) in [6, 6.07) is 15.3. The molecular formula is C20H19ClN4O. The van der Waals surface area contributed by atoms with Gasteiger partial charge in [0.25, 0.3) is 5.91 Å². The Morgan fingerprint density at radius 3 is 2.69 bits per heavy atom. The molecule has 0 radical (unpaired) electrons. The van der Waals surface area contributed by atoms with E-state index in [-0.39, 0.29) is 11.9 Å². The molecule has 1 amide bonds. The molecule has 0 bridgehead atoms. The summed E-state index contributed by atoms with van der Waals surface area (Å²) in [6.07, 6.45) is 0. The van der Waals surface area contributed by atoms with Gasteiger partial charge in [-0.25, -0.2) is 4.98 Å². The van der Waals surface area contributed by atoms with E-state index in [1.807, 2.05) is 55.5 Å². The van der Waals surface area contributed by atoms with Gasteiger partial charge in [-0.1, -0.05) is 35.9 Å². The van der Waals surface area contributed by atoms with Crippen molar-refractivity contribution in [3.05, 3.63) is 70.4 Å². The topological polar surface area (TPSA) is 50.2 Å². The van der Waals surface area contributed by atoms with Crippen LogP contribution < -0.4 is 5.32 Å². The summed E-state index contributed by atoms with van der Waals surface area (Å²) >= 11 is 6.26. The molecule has 3 aromatic rings. The van der Waals surface area contributed by atoms with Crippen LogP contribution in [0.15, 0.2) is 59.8 Å². The number of hydrogen-bond acceptors (Lipinski definition) is 3. The van der Waals surface area contributed by atoms with Crippen molar-refractivity contribution in [3.63, 3.8) is 0 Å². The van der Waals surface area contributed by atoms with Gasteiger partial charge >= 0.3 is 0 Å². The van der Waals surface area contributed by atoms with Gasteiger partial charge in [-0.2, -0.15) is 0 Å². The molecule has 1 atom stereocenters. The average molecular weight is 367 g/mol. The molecular weight excluding hydrogens is 348 g/mol. The van der Waals surface area contributed by atoms with E-state index in [1.165, 1.54) is 0 Å². The summed E-state index contributed by atoms with van der Waals surface area (Å²) in [6.45, 7) is 1.91. The maximum Gasteiger partial charge on any atom is 0.253 e. The highest BCUT2D eigenvalue weighted by Gasteiger charge is 2.34. The molecule has 26 heavy (non-hydrogen) atoms. The first-order valence-electron chi connectivity index (χ1n) is 8.39. The third-order valence-corrected chi connectivity index (χ3v) is 4.87.